The number of Topliss-reactive ketones (excluding diaryl/α,β-unsaturated/α-hetero) is 1. The van der Waals surface area contributed by atoms with E-state index in [0.29, 0.717) is 11.7 Å². The van der Waals surface area contributed by atoms with Gasteiger partial charge in [-0.2, -0.15) is 11.3 Å². The standard InChI is InChI=1S/C14H21NOS/c1-11-3-4-14(16)13(7-11)9-15(2)8-12-5-6-17-10-12/h5-6,10-11,13H,3-4,7-9H2,1-2H3. The van der Waals surface area contributed by atoms with Crippen molar-refractivity contribution in [1.82, 2.24) is 4.90 Å². The van der Waals surface area contributed by atoms with Crippen LogP contribution in [-0.2, 0) is 11.3 Å². The number of thiophene rings is 1. The lowest BCUT2D eigenvalue weighted by molar-refractivity contribution is -0.126. The van der Waals surface area contributed by atoms with Gasteiger partial charge in [0.2, 0.25) is 0 Å². The first-order valence-corrected chi connectivity index (χ1v) is 7.31. The first-order valence-electron chi connectivity index (χ1n) is 6.37. The quantitative estimate of drug-likeness (QED) is 0.819. The molecule has 0 amide bonds. The molecule has 94 valence electrons. The van der Waals surface area contributed by atoms with Gasteiger partial charge in [0.1, 0.15) is 5.78 Å². The van der Waals surface area contributed by atoms with E-state index < -0.39 is 0 Å². The Bertz CT molecular complexity index is 360. The number of carbonyl (C=O) groups excluding carboxylic acids is 1. The van der Waals surface area contributed by atoms with Crippen LogP contribution >= 0.6 is 11.3 Å². The van der Waals surface area contributed by atoms with Crippen LogP contribution in [0.3, 0.4) is 0 Å². The Kier molecular flexibility index (Phi) is 4.35. The predicted octanol–water partition coefficient (Wildman–Crippen LogP) is 3.19. The number of hydrogen-bond acceptors (Lipinski definition) is 3. The zero-order chi connectivity index (χ0) is 12.3. The van der Waals surface area contributed by atoms with Crippen LogP contribution in [0.25, 0.3) is 0 Å². The van der Waals surface area contributed by atoms with Gasteiger partial charge >= 0.3 is 0 Å². The maximum atomic E-state index is 11.9. The highest BCUT2D eigenvalue weighted by Gasteiger charge is 2.27. The topological polar surface area (TPSA) is 20.3 Å². The van der Waals surface area contributed by atoms with Gasteiger partial charge in [-0.15, -0.1) is 0 Å². The molecule has 0 bridgehead atoms. The fourth-order valence-electron chi connectivity index (χ4n) is 2.64. The molecule has 0 radical (unpaired) electrons. The van der Waals surface area contributed by atoms with Crippen molar-refractivity contribution < 1.29 is 4.79 Å². The zero-order valence-corrected chi connectivity index (χ0v) is 11.5. The van der Waals surface area contributed by atoms with Gasteiger partial charge in [-0.25, -0.2) is 0 Å². The first-order chi connectivity index (χ1) is 8.15. The summed E-state index contributed by atoms with van der Waals surface area (Å²) in [5, 5.41) is 4.29. The molecule has 0 spiro atoms. The molecule has 0 aromatic carbocycles. The molecule has 0 N–H and O–H groups in total. The van der Waals surface area contributed by atoms with Crippen molar-refractivity contribution in [3.05, 3.63) is 22.4 Å². The smallest absolute Gasteiger partial charge is 0.137 e. The molecule has 1 aliphatic rings. The van der Waals surface area contributed by atoms with Crippen molar-refractivity contribution in [2.45, 2.75) is 32.7 Å². The maximum Gasteiger partial charge on any atom is 0.137 e. The second-order valence-corrected chi connectivity index (χ2v) is 6.15. The molecular weight excluding hydrogens is 230 g/mol. The van der Waals surface area contributed by atoms with E-state index in [-0.39, 0.29) is 5.92 Å². The van der Waals surface area contributed by atoms with Crippen LogP contribution < -0.4 is 0 Å². The molecule has 1 fully saturated rings. The summed E-state index contributed by atoms with van der Waals surface area (Å²) < 4.78 is 0. The average Bonchev–Trinajstić information content (AvgIpc) is 2.76. The Labute approximate surface area is 108 Å². The molecule has 1 heterocycles. The molecule has 1 aromatic rings. The third kappa shape index (κ3) is 3.65. The summed E-state index contributed by atoms with van der Waals surface area (Å²) in [5.41, 5.74) is 1.36. The van der Waals surface area contributed by atoms with Gasteiger partial charge in [-0.05, 0) is 48.2 Å². The largest absolute Gasteiger partial charge is 0.301 e. The van der Waals surface area contributed by atoms with E-state index in [1.165, 1.54) is 5.56 Å². The Hall–Kier alpha value is -0.670. The van der Waals surface area contributed by atoms with E-state index in [9.17, 15) is 4.79 Å². The Morgan fingerprint density at radius 3 is 3.06 bits per heavy atom. The van der Waals surface area contributed by atoms with Crippen molar-refractivity contribution in [2.75, 3.05) is 13.6 Å². The highest BCUT2D eigenvalue weighted by molar-refractivity contribution is 7.07. The minimum atomic E-state index is 0.266. The Morgan fingerprint density at radius 1 is 1.53 bits per heavy atom. The average molecular weight is 251 g/mol. The van der Waals surface area contributed by atoms with Gasteiger partial charge in [-0.1, -0.05) is 6.92 Å². The summed E-state index contributed by atoms with van der Waals surface area (Å²) in [6, 6.07) is 2.16. The van der Waals surface area contributed by atoms with Crippen LogP contribution in [0, 0.1) is 11.8 Å². The predicted molar refractivity (Wildman–Crippen MR) is 72.2 cm³/mol. The van der Waals surface area contributed by atoms with Crippen LogP contribution in [0.1, 0.15) is 31.7 Å². The molecule has 2 nitrogen and oxygen atoms in total. The van der Waals surface area contributed by atoms with E-state index in [0.717, 1.165) is 32.4 Å². The molecule has 0 saturated heterocycles. The van der Waals surface area contributed by atoms with Crippen LogP contribution in [0.15, 0.2) is 16.8 Å². The van der Waals surface area contributed by atoms with Gasteiger partial charge in [0.25, 0.3) is 0 Å². The SMILES string of the molecule is CC1CCC(=O)C(CN(C)Cc2ccsc2)C1. The lowest BCUT2D eigenvalue weighted by Gasteiger charge is -2.29. The second kappa shape index (κ2) is 5.78. The number of rotatable bonds is 4. The van der Waals surface area contributed by atoms with Gasteiger partial charge in [0.05, 0.1) is 0 Å². The summed E-state index contributed by atoms with van der Waals surface area (Å²) in [7, 11) is 2.12. The molecule has 1 saturated carbocycles. The monoisotopic (exact) mass is 251 g/mol. The van der Waals surface area contributed by atoms with Gasteiger partial charge in [0.15, 0.2) is 0 Å². The van der Waals surface area contributed by atoms with E-state index in [1.54, 1.807) is 11.3 Å². The molecule has 3 heteroatoms. The first kappa shape index (κ1) is 12.8. The van der Waals surface area contributed by atoms with Crippen molar-refractivity contribution in [3.63, 3.8) is 0 Å². The Morgan fingerprint density at radius 2 is 2.35 bits per heavy atom. The van der Waals surface area contributed by atoms with E-state index >= 15 is 0 Å². The Balaban J connectivity index is 1.84. The number of carbonyl (C=O) groups is 1. The minimum absolute atomic E-state index is 0.266. The van der Waals surface area contributed by atoms with Crippen molar-refractivity contribution in [1.29, 1.82) is 0 Å². The number of hydrogen-bond donors (Lipinski definition) is 0. The molecule has 1 aliphatic carbocycles. The molecule has 2 rings (SSSR count). The van der Waals surface area contributed by atoms with Gasteiger partial charge in [-0.3, -0.25) is 4.79 Å². The van der Waals surface area contributed by atoms with Crippen molar-refractivity contribution in [3.8, 4) is 0 Å². The highest BCUT2D eigenvalue weighted by Crippen LogP contribution is 2.26. The molecule has 2 atom stereocenters. The number of nitrogens with zero attached hydrogens (tertiary/aromatic N) is 1. The fourth-order valence-corrected chi connectivity index (χ4v) is 3.30. The molecular formula is C14H21NOS. The van der Waals surface area contributed by atoms with Crippen molar-refractivity contribution in [2.24, 2.45) is 11.8 Å². The molecule has 0 aliphatic heterocycles. The van der Waals surface area contributed by atoms with Gasteiger partial charge in [0, 0.05) is 25.4 Å². The highest BCUT2D eigenvalue weighted by atomic mass is 32.1. The van der Waals surface area contributed by atoms with E-state index in [4.69, 9.17) is 0 Å². The van der Waals surface area contributed by atoms with Gasteiger partial charge < -0.3 is 4.90 Å². The van der Waals surface area contributed by atoms with E-state index in [2.05, 4.69) is 35.7 Å². The summed E-state index contributed by atoms with van der Waals surface area (Å²) in [4.78, 5) is 14.1. The third-order valence-corrected chi connectivity index (χ3v) is 4.32. The third-order valence-electron chi connectivity index (χ3n) is 3.59. The lowest BCUT2D eigenvalue weighted by Crippen LogP contribution is -2.34. The second-order valence-electron chi connectivity index (χ2n) is 5.37. The van der Waals surface area contributed by atoms with Crippen LogP contribution in [0.5, 0.6) is 0 Å². The molecule has 2 unspecified atom stereocenters. The van der Waals surface area contributed by atoms with E-state index in [1.807, 2.05) is 0 Å². The van der Waals surface area contributed by atoms with Crippen molar-refractivity contribution >= 4 is 17.1 Å². The van der Waals surface area contributed by atoms with Crippen LogP contribution in [0.2, 0.25) is 0 Å². The fraction of sp³-hybridized carbons (Fsp3) is 0.643. The van der Waals surface area contributed by atoms with Crippen LogP contribution in [0.4, 0.5) is 0 Å². The normalized spacial score (nSPS) is 25.5. The number of ketones is 1. The maximum absolute atomic E-state index is 11.9. The van der Waals surface area contributed by atoms with Crippen LogP contribution in [-0.4, -0.2) is 24.3 Å². The summed E-state index contributed by atoms with van der Waals surface area (Å²) in [6.45, 7) is 4.14. The molecule has 17 heavy (non-hydrogen) atoms. The summed E-state index contributed by atoms with van der Waals surface area (Å²) >= 11 is 1.73. The summed E-state index contributed by atoms with van der Waals surface area (Å²) in [6.07, 6.45) is 2.95. The lowest BCUT2D eigenvalue weighted by atomic mass is 9.81. The zero-order valence-electron chi connectivity index (χ0n) is 10.7. The molecule has 1 aromatic heterocycles. The summed E-state index contributed by atoms with van der Waals surface area (Å²) in [5.74, 6) is 1.45. The minimum Gasteiger partial charge on any atom is -0.301 e.